The molecule has 0 bridgehead atoms. The van der Waals surface area contributed by atoms with Gasteiger partial charge in [0.15, 0.2) is 5.78 Å². The maximum atomic E-state index is 10.9. The Hall–Kier alpha value is -1.11. The Morgan fingerprint density at radius 2 is 1.65 bits per heavy atom. The van der Waals surface area contributed by atoms with Gasteiger partial charge in [0.05, 0.1) is 0 Å². The largest absolute Gasteiger partial charge is 0.295 e. The summed E-state index contributed by atoms with van der Waals surface area (Å²) < 4.78 is 0. The lowest BCUT2D eigenvalue weighted by Gasteiger charge is -2.00. The first-order valence-corrected chi connectivity index (χ1v) is 6.57. The van der Waals surface area contributed by atoms with E-state index in [1.807, 2.05) is 6.92 Å². The summed E-state index contributed by atoms with van der Waals surface area (Å²) in [5, 5.41) is 0. The zero-order chi connectivity index (χ0) is 13.1. The molecule has 1 heteroatoms. The van der Waals surface area contributed by atoms with Crippen LogP contribution in [0.5, 0.6) is 0 Å². The summed E-state index contributed by atoms with van der Waals surface area (Å²) in [5.74, 6) is 0.119. The number of allylic oxidation sites excluding steroid dienone is 6. The molecule has 0 saturated carbocycles. The number of hydrogen-bond acceptors (Lipinski definition) is 1. The van der Waals surface area contributed by atoms with Crippen LogP contribution in [0.2, 0.25) is 0 Å². The van der Waals surface area contributed by atoms with Gasteiger partial charge in [-0.15, -0.1) is 0 Å². The Kier molecular flexibility index (Phi) is 9.41. The molecular weight excluding hydrogens is 208 g/mol. The Morgan fingerprint density at radius 3 is 2.24 bits per heavy atom. The summed E-state index contributed by atoms with van der Waals surface area (Å²) in [6.45, 7) is 7.89. The highest BCUT2D eigenvalue weighted by Crippen LogP contribution is 2.10. The molecule has 0 heterocycles. The topological polar surface area (TPSA) is 17.1 Å². The summed E-state index contributed by atoms with van der Waals surface area (Å²) in [5.41, 5.74) is 2.40. The molecule has 0 radical (unpaired) electrons. The van der Waals surface area contributed by atoms with Gasteiger partial charge in [-0.05, 0) is 58.1 Å². The smallest absolute Gasteiger partial charge is 0.152 e. The third-order valence-corrected chi connectivity index (χ3v) is 2.47. The van der Waals surface area contributed by atoms with E-state index in [1.54, 1.807) is 13.0 Å². The van der Waals surface area contributed by atoms with Crippen molar-refractivity contribution in [3.05, 3.63) is 35.5 Å². The van der Waals surface area contributed by atoms with Gasteiger partial charge in [0.25, 0.3) is 0 Å². The Morgan fingerprint density at radius 1 is 1.00 bits per heavy atom. The van der Waals surface area contributed by atoms with Gasteiger partial charge in [0.2, 0.25) is 0 Å². The average molecular weight is 234 g/mol. The fraction of sp³-hybridized carbons (Fsp3) is 0.562. The van der Waals surface area contributed by atoms with Crippen molar-refractivity contribution in [2.75, 3.05) is 0 Å². The van der Waals surface area contributed by atoms with Crippen LogP contribution in [-0.2, 0) is 4.79 Å². The molecule has 0 aliphatic rings. The molecule has 0 spiro atoms. The number of carbonyl (C=O) groups excluding carboxylic acids is 1. The SMILES string of the molecule is CCCC=CCCCC(C)=CC(C)=CC(C)=O. The molecule has 0 aromatic heterocycles. The first-order valence-electron chi connectivity index (χ1n) is 6.57. The van der Waals surface area contributed by atoms with Crippen LogP contribution in [0.3, 0.4) is 0 Å². The van der Waals surface area contributed by atoms with Crippen LogP contribution in [0.15, 0.2) is 35.5 Å². The van der Waals surface area contributed by atoms with Gasteiger partial charge in [-0.25, -0.2) is 0 Å². The van der Waals surface area contributed by atoms with Gasteiger partial charge in [-0.3, -0.25) is 4.79 Å². The summed E-state index contributed by atoms with van der Waals surface area (Å²) >= 11 is 0. The third-order valence-electron chi connectivity index (χ3n) is 2.47. The van der Waals surface area contributed by atoms with E-state index >= 15 is 0 Å². The summed E-state index contributed by atoms with van der Waals surface area (Å²) in [4.78, 5) is 10.9. The zero-order valence-electron chi connectivity index (χ0n) is 11.8. The van der Waals surface area contributed by atoms with Crippen LogP contribution in [0.1, 0.15) is 59.8 Å². The zero-order valence-corrected chi connectivity index (χ0v) is 11.8. The average Bonchev–Trinajstić information content (AvgIpc) is 2.21. The van der Waals surface area contributed by atoms with Crippen molar-refractivity contribution < 1.29 is 4.79 Å². The number of ketones is 1. The van der Waals surface area contributed by atoms with Gasteiger partial charge < -0.3 is 0 Å². The standard InChI is InChI=1S/C16H26O/c1-5-6-7-8-9-10-11-14(2)12-15(3)13-16(4)17/h7-8,12-13H,5-6,9-11H2,1-4H3. The lowest BCUT2D eigenvalue weighted by atomic mass is 10.1. The molecule has 1 nitrogen and oxygen atoms in total. The monoisotopic (exact) mass is 234 g/mol. The molecule has 96 valence electrons. The van der Waals surface area contributed by atoms with E-state index in [4.69, 9.17) is 0 Å². The van der Waals surface area contributed by atoms with Gasteiger partial charge >= 0.3 is 0 Å². The summed E-state index contributed by atoms with van der Waals surface area (Å²) in [6, 6.07) is 0. The van der Waals surface area contributed by atoms with Gasteiger partial charge in [0.1, 0.15) is 0 Å². The highest BCUT2D eigenvalue weighted by Gasteiger charge is 1.92. The highest BCUT2D eigenvalue weighted by molar-refractivity contribution is 5.88. The maximum absolute atomic E-state index is 10.9. The van der Waals surface area contributed by atoms with Crippen LogP contribution in [0, 0.1) is 0 Å². The van der Waals surface area contributed by atoms with Crippen molar-refractivity contribution in [1.29, 1.82) is 0 Å². The highest BCUT2D eigenvalue weighted by atomic mass is 16.1. The molecule has 0 fully saturated rings. The third kappa shape index (κ3) is 11.2. The fourth-order valence-electron chi connectivity index (χ4n) is 1.72. The summed E-state index contributed by atoms with van der Waals surface area (Å²) in [7, 11) is 0. The normalized spacial score (nSPS) is 13.4. The molecule has 0 amide bonds. The van der Waals surface area contributed by atoms with E-state index in [0.717, 1.165) is 18.4 Å². The molecule has 17 heavy (non-hydrogen) atoms. The van der Waals surface area contributed by atoms with Crippen LogP contribution < -0.4 is 0 Å². The van der Waals surface area contributed by atoms with E-state index in [-0.39, 0.29) is 5.78 Å². The lowest BCUT2D eigenvalue weighted by Crippen LogP contribution is -1.85. The van der Waals surface area contributed by atoms with Gasteiger partial charge in [-0.2, -0.15) is 0 Å². The first-order chi connectivity index (χ1) is 8.06. The number of unbranched alkanes of at least 4 members (excludes halogenated alkanes) is 2. The lowest BCUT2D eigenvalue weighted by molar-refractivity contribution is -0.112. The van der Waals surface area contributed by atoms with E-state index in [0.29, 0.717) is 0 Å². The second kappa shape index (κ2) is 10.1. The second-order valence-corrected chi connectivity index (χ2v) is 4.64. The number of hydrogen-bond donors (Lipinski definition) is 0. The number of carbonyl (C=O) groups is 1. The quantitative estimate of drug-likeness (QED) is 0.250. The molecule has 0 aromatic rings. The molecular formula is C16H26O. The Labute approximate surface area is 106 Å². The van der Waals surface area contributed by atoms with Crippen LogP contribution in [0.25, 0.3) is 0 Å². The van der Waals surface area contributed by atoms with Crippen molar-refractivity contribution in [2.24, 2.45) is 0 Å². The second-order valence-electron chi connectivity index (χ2n) is 4.64. The van der Waals surface area contributed by atoms with Crippen LogP contribution >= 0.6 is 0 Å². The molecule has 0 rings (SSSR count). The Bertz CT molecular complexity index is 305. The van der Waals surface area contributed by atoms with Gasteiger partial charge in [0, 0.05) is 0 Å². The molecule has 0 N–H and O–H groups in total. The van der Waals surface area contributed by atoms with Crippen molar-refractivity contribution in [3.8, 4) is 0 Å². The van der Waals surface area contributed by atoms with Crippen LogP contribution in [-0.4, -0.2) is 5.78 Å². The minimum atomic E-state index is 0.119. The van der Waals surface area contributed by atoms with Crippen molar-refractivity contribution >= 4 is 5.78 Å². The van der Waals surface area contributed by atoms with E-state index < -0.39 is 0 Å². The molecule has 0 atom stereocenters. The maximum Gasteiger partial charge on any atom is 0.152 e. The first kappa shape index (κ1) is 15.9. The predicted octanol–water partition coefficient (Wildman–Crippen LogP) is 4.99. The van der Waals surface area contributed by atoms with E-state index in [2.05, 4.69) is 32.1 Å². The molecule has 0 aromatic carbocycles. The van der Waals surface area contributed by atoms with E-state index in [1.165, 1.54) is 24.8 Å². The minimum Gasteiger partial charge on any atom is -0.295 e. The molecule has 0 saturated heterocycles. The number of rotatable bonds is 8. The molecule has 0 unspecified atom stereocenters. The molecule has 0 aliphatic carbocycles. The minimum absolute atomic E-state index is 0.119. The van der Waals surface area contributed by atoms with Crippen LogP contribution in [0.4, 0.5) is 0 Å². The Balaban J connectivity index is 3.89. The van der Waals surface area contributed by atoms with E-state index in [9.17, 15) is 4.79 Å². The predicted molar refractivity (Wildman–Crippen MR) is 76.1 cm³/mol. The summed E-state index contributed by atoms with van der Waals surface area (Å²) in [6.07, 6.45) is 14.2. The molecule has 0 aliphatic heterocycles. The van der Waals surface area contributed by atoms with Crippen molar-refractivity contribution in [1.82, 2.24) is 0 Å². The fourth-order valence-corrected chi connectivity index (χ4v) is 1.72. The van der Waals surface area contributed by atoms with Gasteiger partial charge in [-0.1, -0.05) is 37.1 Å². The van der Waals surface area contributed by atoms with Crippen molar-refractivity contribution in [3.63, 3.8) is 0 Å². The van der Waals surface area contributed by atoms with Crippen molar-refractivity contribution in [2.45, 2.75) is 59.8 Å².